The molecule has 2 aromatic rings. The molecule has 0 amide bonds. The number of anilines is 1. The van der Waals surface area contributed by atoms with E-state index >= 15 is 0 Å². The van der Waals surface area contributed by atoms with Crippen molar-refractivity contribution >= 4 is 38.1 Å². The number of benzene rings is 1. The number of hydrogen-bond acceptors (Lipinski definition) is 6. The first-order chi connectivity index (χ1) is 9.94. The van der Waals surface area contributed by atoms with E-state index in [1.807, 2.05) is 6.92 Å². The first kappa shape index (κ1) is 16.1. The molecular weight excluding hydrogens is 339 g/mol. The Morgan fingerprint density at radius 2 is 2.19 bits per heavy atom. The van der Waals surface area contributed by atoms with E-state index in [4.69, 9.17) is 11.6 Å². The molecule has 0 fully saturated rings. The fourth-order valence-corrected chi connectivity index (χ4v) is 3.48. The van der Waals surface area contributed by atoms with Crippen LogP contribution in [0, 0.1) is 5.82 Å². The predicted molar refractivity (Wildman–Crippen MR) is 79.5 cm³/mol. The number of aromatic nitrogens is 2. The summed E-state index contributed by atoms with van der Waals surface area (Å²) in [6.45, 7) is 2.80. The summed E-state index contributed by atoms with van der Waals surface area (Å²) in [6.07, 6.45) is 0. The van der Waals surface area contributed by atoms with Gasteiger partial charge in [-0.2, -0.15) is 0 Å². The van der Waals surface area contributed by atoms with Gasteiger partial charge in [-0.25, -0.2) is 12.8 Å². The van der Waals surface area contributed by atoms with Crippen LogP contribution in [-0.4, -0.2) is 25.2 Å². The zero-order chi connectivity index (χ0) is 15.5. The monoisotopic (exact) mass is 350 g/mol. The van der Waals surface area contributed by atoms with E-state index in [1.54, 1.807) is 0 Å². The zero-order valence-electron chi connectivity index (χ0n) is 10.9. The van der Waals surface area contributed by atoms with Gasteiger partial charge in [-0.3, -0.25) is 4.72 Å². The number of hydrogen-bond donors (Lipinski definition) is 2. The number of rotatable bonds is 6. The van der Waals surface area contributed by atoms with Crippen molar-refractivity contribution in [1.82, 2.24) is 15.5 Å². The lowest BCUT2D eigenvalue weighted by atomic mass is 10.2. The molecule has 1 aromatic heterocycles. The van der Waals surface area contributed by atoms with Crippen LogP contribution in [0.4, 0.5) is 9.52 Å². The minimum Gasteiger partial charge on any atom is -0.313 e. The van der Waals surface area contributed by atoms with Crippen molar-refractivity contribution in [3.63, 3.8) is 0 Å². The van der Waals surface area contributed by atoms with Crippen molar-refractivity contribution in [1.29, 1.82) is 0 Å². The molecule has 0 bridgehead atoms. The molecule has 6 nitrogen and oxygen atoms in total. The molecule has 1 aromatic carbocycles. The van der Waals surface area contributed by atoms with E-state index in [9.17, 15) is 12.8 Å². The van der Waals surface area contributed by atoms with E-state index in [0.29, 0.717) is 12.1 Å². The Kier molecular flexibility index (Phi) is 5.09. The van der Waals surface area contributed by atoms with Crippen LogP contribution in [0.5, 0.6) is 0 Å². The van der Waals surface area contributed by atoms with Gasteiger partial charge in [0, 0.05) is 6.54 Å². The quantitative estimate of drug-likeness (QED) is 0.834. The number of nitrogens with zero attached hydrogens (tertiary/aromatic N) is 2. The summed E-state index contributed by atoms with van der Waals surface area (Å²) >= 11 is 6.87. The van der Waals surface area contributed by atoms with Crippen LogP contribution in [0.3, 0.4) is 0 Å². The van der Waals surface area contributed by atoms with Gasteiger partial charge in [0.15, 0.2) is 0 Å². The molecule has 0 unspecified atom stereocenters. The van der Waals surface area contributed by atoms with Crippen LogP contribution >= 0.6 is 22.9 Å². The molecule has 0 aliphatic rings. The smallest absolute Gasteiger partial charge is 0.263 e. The molecule has 1 heterocycles. The molecular formula is C11H12ClFN4O2S2. The van der Waals surface area contributed by atoms with Crippen molar-refractivity contribution in [2.45, 2.75) is 18.4 Å². The molecule has 0 saturated carbocycles. The second kappa shape index (κ2) is 6.65. The van der Waals surface area contributed by atoms with Crippen molar-refractivity contribution in [3.05, 3.63) is 34.0 Å². The summed E-state index contributed by atoms with van der Waals surface area (Å²) in [4.78, 5) is -0.215. The summed E-state index contributed by atoms with van der Waals surface area (Å²) in [6, 6.07) is 2.21. The summed E-state index contributed by atoms with van der Waals surface area (Å²) < 4.78 is 40.4. The fourth-order valence-electron chi connectivity index (χ4n) is 1.55. The highest BCUT2D eigenvalue weighted by Crippen LogP contribution is 2.26. The van der Waals surface area contributed by atoms with Gasteiger partial charge in [-0.1, -0.05) is 29.9 Å². The molecule has 2 rings (SSSR count). The van der Waals surface area contributed by atoms with E-state index < -0.39 is 15.8 Å². The van der Waals surface area contributed by atoms with Gasteiger partial charge in [-0.15, -0.1) is 10.2 Å². The summed E-state index contributed by atoms with van der Waals surface area (Å²) in [5.74, 6) is -0.787. The third-order valence-corrected chi connectivity index (χ3v) is 5.01. The standard InChI is InChI=1S/C11H12ClFN4O2S2/c1-2-14-5-7-3-8(4-9(13)10(7)12)21(18,19)17-11-16-15-6-20-11/h3-4,6,14H,2,5H2,1H3,(H,16,17). The summed E-state index contributed by atoms with van der Waals surface area (Å²) in [5, 5.41) is 10.1. The topological polar surface area (TPSA) is 84.0 Å². The van der Waals surface area contributed by atoms with E-state index in [1.165, 1.54) is 11.6 Å². The highest BCUT2D eigenvalue weighted by molar-refractivity contribution is 7.93. The van der Waals surface area contributed by atoms with Gasteiger partial charge >= 0.3 is 0 Å². The van der Waals surface area contributed by atoms with Gasteiger partial charge in [0.1, 0.15) is 11.3 Å². The average molecular weight is 351 g/mol. The maximum absolute atomic E-state index is 13.8. The number of halogens is 2. The van der Waals surface area contributed by atoms with Crippen LogP contribution < -0.4 is 10.0 Å². The normalized spacial score (nSPS) is 11.6. The lowest BCUT2D eigenvalue weighted by Crippen LogP contribution is -2.16. The SMILES string of the molecule is CCNCc1cc(S(=O)(=O)Nc2nncs2)cc(F)c1Cl. The van der Waals surface area contributed by atoms with Crippen molar-refractivity contribution in [3.8, 4) is 0 Å². The number of nitrogens with one attached hydrogen (secondary N) is 2. The first-order valence-electron chi connectivity index (χ1n) is 5.91. The van der Waals surface area contributed by atoms with Gasteiger partial charge in [-0.05, 0) is 24.2 Å². The fraction of sp³-hybridized carbons (Fsp3) is 0.273. The Labute approximate surface area is 130 Å². The van der Waals surface area contributed by atoms with Crippen LogP contribution in [0.2, 0.25) is 5.02 Å². The second-order valence-electron chi connectivity index (χ2n) is 4.01. The molecule has 0 aliphatic heterocycles. The Bertz CT molecular complexity index is 722. The number of sulfonamides is 1. The van der Waals surface area contributed by atoms with Crippen molar-refractivity contribution in [2.24, 2.45) is 0 Å². The third kappa shape index (κ3) is 3.88. The summed E-state index contributed by atoms with van der Waals surface area (Å²) in [5.41, 5.74) is 1.76. The predicted octanol–water partition coefficient (Wildman–Crippen LogP) is 2.24. The van der Waals surface area contributed by atoms with E-state index in [0.717, 1.165) is 17.4 Å². The minimum absolute atomic E-state index is 0.0918. The largest absolute Gasteiger partial charge is 0.313 e. The average Bonchev–Trinajstić information content (AvgIpc) is 2.92. The molecule has 10 heteroatoms. The van der Waals surface area contributed by atoms with Crippen molar-refractivity contribution in [2.75, 3.05) is 11.3 Å². The third-order valence-electron chi connectivity index (χ3n) is 2.53. The maximum Gasteiger partial charge on any atom is 0.263 e. The minimum atomic E-state index is -3.94. The Balaban J connectivity index is 2.36. The van der Waals surface area contributed by atoms with Gasteiger partial charge in [0.25, 0.3) is 10.0 Å². The molecule has 0 spiro atoms. The molecule has 0 radical (unpaired) electrons. The highest BCUT2D eigenvalue weighted by atomic mass is 35.5. The Morgan fingerprint density at radius 3 is 2.81 bits per heavy atom. The van der Waals surface area contributed by atoms with E-state index in [2.05, 4.69) is 20.2 Å². The van der Waals surface area contributed by atoms with Crippen LogP contribution in [0.1, 0.15) is 12.5 Å². The first-order valence-corrected chi connectivity index (χ1v) is 8.65. The van der Waals surface area contributed by atoms with E-state index in [-0.39, 0.29) is 21.6 Å². The van der Waals surface area contributed by atoms with Gasteiger partial charge < -0.3 is 5.32 Å². The molecule has 114 valence electrons. The second-order valence-corrected chi connectivity index (χ2v) is 6.90. The molecule has 0 aliphatic carbocycles. The molecule has 2 N–H and O–H groups in total. The Hall–Kier alpha value is -1.29. The molecule has 0 atom stereocenters. The lowest BCUT2D eigenvalue weighted by Gasteiger charge is -2.10. The van der Waals surface area contributed by atoms with Crippen LogP contribution in [-0.2, 0) is 16.6 Å². The highest BCUT2D eigenvalue weighted by Gasteiger charge is 2.20. The molecule has 0 saturated heterocycles. The lowest BCUT2D eigenvalue weighted by molar-refractivity contribution is 0.593. The van der Waals surface area contributed by atoms with Gasteiger partial charge in [0.2, 0.25) is 5.13 Å². The zero-order valence-corrected chi connectivity index (χ0v) is 13.3. The Morgan fingerprint density at radius 1 is 1.43 bits per heavy atom. The molecule has 21 heavy (non-hydrogen) atoms. The summed E-state index contributed by atoms with van der Waals surface area (Å²) in [7, 11) is -3.94. The van der Waals surface area contributed by atoms with Gasteiger partial charge in [0.05, 0.1) is 9.92 Å². The van der Waals surface area contributed by atoms with Crippen LogP contribution in [0.15, 0.2) is 22.5 Å². The maximum atomic E-state index is 13.8. The van der Waals surface area contributed by atoms with Crippen LogP contribution in [0.25, 0.3) is 0 Å². The van der Waals surface area contributed by atoms with Crippen molar-refractivity contribution < 1.29 is 12.8 Å².